The van der Waals surface area contributed by atoms with E-state index >= 15 is 0 Å². The Labute approximate surface area is 200 Å². The molecule has 0 aliphatic carbocycles. The molecule has 1 aromatic carbocycles. The molecule has 0 radical (unpaired) electrons. The van der Waals surface area contributed by atoms with Gasteiger partial charge in [0.2, 0.25) is 11.7 Å². The molecule has 3 heterocycles. The minimum atomic E-state index is -4.65. The molecule has 1 atom stereocenters. The van der Waals surface area contributed by atoms with Gasteiger partial charge in [-0.1, -0.05) is 6.07 Å². The highest BCUT2D eigenvalue weighted by atomic mass is 35.5. The fraction of sp³-hybridized carbons (Fsp3) is 0.333. The number of alkyl halides is 3. The minimum Gasteiger partial charge on any atom is -0.335 e. The van der Waals surface area contributed by atoms with E-state index in [1.165, 1.54) is 16.2 Å². The number of carbonyl (C=O) groups excluding carboxylic acids is 1. The predicted octanol–water partition coefficient (Wildman–Crippen LogP) is 4.77. The van der Waals surface area contributed by atoms with Gasteiger partial charge in [-0.3, -0.25) is 4.79 Å². The Morgan fingerprint density at radius 2 is 1.85 bits per heavy atom. The summed E-state index contributed by atoms with van der Waals surface area (Å²) in [6.45, 7) is -0.176. The van der Waals surface area contributed by atoms with Crippen molar-refractivity contribution < 1.29 is 31.1 Å². The molecule has 3 aromatic rings. The molecule has 4 rings (SSSR count). The summed E-state index contributed by atoms with van der Waals surface area (Å²) in [5, 5.41) is 1.72. The summed E-state index contributed by atoms with van der Waals surface area (Å²) in [6, 6.07) is 3.56. The van der Waals surface area contributed by atoms with Crippen molar-refractivity contribution in [1.82, 2.24) is 14.5 Å². The fourth-order valence-corrected chi connectivity index (χ4v) is 4.57. The second kappa shape index (κ2) is 9.96. The first kappa shape index (κ1) is 26.0. The van der Waals surface area contributed by atoms with Gasteiger partial charge in [0.15, 0.2) is 11.6 Å². The van der Waals surface area contributed by atoms with E-state index in [2.05, 4.69) is 4.98 Å². The van der Waals surface area contributed by atoms with E-state index in [0.29, 0.717) is 17.0 Å². The van der Waals surface area contributed by atoms with Crippen LogP contribution in [0.25, 0.3) is 10.6 Å². The van der Waals surface area contributed by atoms with Gasteiger partial charge in [0.1, 0.15) is 11.5 Å². The molecule has 1 aliphatic rings. The highest BCUT2D eigenvalue weighted by molar-refractivity contribution is 7.13. The van der Waals surface area contributed by atoms with Crippen molar-refractivity contribution in [3.63, 3.8) is 0 Å². The summed E-state index contributed by atoms with van der Waals surface area (Å²) in [6.07, 6.45) is -5.10. The summed E-state index contributed by atoms with van der Waals surface area (Å²) in [5.41, 5.74) is 6.21. The lowest BCUT2D eigenvalue weighted by molar-refractivity contribution is -0.148. The molecule has 1 amide bonds. The Kier molecular flexibility index (Phi) is 7.63. The summed E-state index contributed by atoms with van der Waals surface area (Å²) in [7, 11) is 0. The van der Waals surface area contributed by atoms with Crippen LogP contribution in [0, 0.1) is 17.5 Å². The van der Waals surface area contributed by atoms with E-state index in [1.807, 2.05) is 0 Å². The van der Waals surface area contributed by atoms with Gasteiger partial charge in [-0.25, -0.2) is 18.2 Å². The molecule has 0 fully saturated rings. The maximum absolute atomic E-state index is 13.9. The zero-order valence-electron chi connectivity index (χ0n) is 17.4. The van der Waals surface area contributed by atoms with Crippen molar-refractivity contribution >= 4 is 29.7 Å². The molecule has 5 nitrogen and oxygen atoms in total. The first-order chi connectivity index (χ1) is 15.5. The van der Waals surface area contributed by atoms with Crippen molar-refractivity contribution in [2.24, 2.45) is 5.73 Å². The molecule has 2 aromatic heterocycles. The topological polar surface area (TPSA) is 64.2 Å². The molecule has 0 spiro atoms. The molecule has 0 saturated carbocycles. The average Bonchev–Trinajstić information content (AvgIpc) is 3.38. The van der Waals surface area contributed by atoms with Crippen molar-refractivity contribution in [2.75, 3.05) is 6.54 Å². The minimum absolute atomic E-state index is 0. The highest BCUT2D eigenvalue weighted by Gasteiger charge is 2.41. The first-order valence-electron chi connectivity index (χ1n) is 9.92. The van der Waals surface area contributed by atoms with Gasteiger partial charge < -0.3 is 15.2 Å². The summed E-state index contributed by atoms with van der Waals surface area (Å²) >= 11 is 1.24. The number of hydrogen-bond acceptors (Lipinski definition) is 4. The van der Waals surface area contributed by atoms with E-state index in [9.17, 15) is 31.1 Å². The lowest BCUT2D eigenvalue weighted by Gasteiger charge is -2.30. The summed E-state index contributed by atoms with van der Waals surface area (Å²) in [4.78, 5) is 18.5. The maximum Gasteiger partial charge on any atom is 0.449 e. The molecular formula is C21H19ClF6N4OS. The number of aromatic nitrogens is 2. The Hall–Kier alpha value is -2.57. The van der Waals surface area contributed by atoms with Crippen LogP contribution in [0.4, 0.5) is 26.3 Å². The number of fused-ring (bicyclic) bond motifs is 1. The van der Waals surface area contributed by atoms with E-state index in [-0.39, 0.29) is 61.8 Å². The van der Waals surface area contributed by atoms with Crippen molar-refractivity contribution in [3.05, 3.63) is 64.2 Å². The second-order valence-electron chi connectivity index (χ2n) is 7.70. The van der Waals surface area contributed by atoms with Gasteiger partial charge in [-0.15, -0.1) is 23.7 Å². The SMILES string of the molecule is Cl.N[C@@H](CC(=O)N1CCn2c(C(F)(F)F)nc(-c3cccs3)c2C1)Cc1cc(F)c(F)cc1F. The number of rotatable bonds is 5. The zero-order chi connectivity index (χ0) is 23.9. The molecule has 34 heavy (non-hydrogen) atoms. The van der Waals surface area contributed by atoms with Crippen LogP contribution in [-0.2, 0) is 30.5 Å². The first-order valence-corrected chi connectivity index (χ1v) is 10.8. The molecule has 0 bridgehead atoms. The standard InChI is InChI=1S/C21H18F6N4OS.ClH/c22-13-9-15(24)14(23)7-11(13)6-12(28)8-18(32)30-3-4-31-16(10-30)19(17-2-1-5-33-17)29-20(31)21(25,26)27;/h1-2,5,7,9,12H,3-4,6,8,10,28H2;1H/t12-;/m1./s1. The Bertz CT molecular complexity index is 1180. The van der Waals surface area contributed by atoms with E-state index in [0.717, 1.165) is 4.57 Å². The quantitative estimate of drug-likeness (QED) is 0.386. The number of nitrogens with two attached hydrogens (primary N) is 1. The Morgan fingerprint density at radius 3 is 2.50 bits per heavy atom. The van der Waals surface area contributed by atoms with Crippen molar-refractivity contribution in [2.45, 2.75) is 38.1 Å². The van der Waals surface area contributed by atoms with Crippen molar-refractivity contribution in [1.29, 1.82) is 0 Å². The number of imidazole rings is 1. The number of hydrogen-bond donors (Lipinski definition) is 1. The monoisotopic (exact) mass is 524 g/mol. The number of carbonyl (C=O) groups is 1. The fourth-order valence-electron chi connectivity index (χ4n) is 3.84. The Morgan fingerprint density at radius 1 is 1.15 bits per heavy atom. The molecule has 2 N–H and O–H groups in total. The third-order valence-electron chi connectivity index (χ3n) is 5.38. The van der Waals surface area contributed by atoms with Gasteiger partial charge in [-0.2, -0.15) is 13.2 Å². The normalized spacial score (nSPS) is 14.5. The summed E-state index contributed by atoms with van der Waals surface area (Å²) < 4.78 is 81.9. The predicted molar refractivity (Wildman–Crippen MR) is 116 cm³/mol. The maximum atomic E-state index is 13.9. The number of thiophene rings is 1. The van der Waals surface area contributed by atoms with Crippen molar-refractivity contribution in [3.8, 4) is 10.6 Å². The number of nitrogens with zero attached hydrogens (tertiary/aromatic N) is 3. The molecule has 0 unspecified atom stereocenters. The van der Waals surface area contributed by atoms with Crippen LogP contribution in [0.5, 0.6) is 0 Å². The van der Waals surface area contributed by atoms with Gasteiger partial charge in [0, 0.05) is 31.6 Å². The van der Waals surface area contributed by atoms with Crippen LogP contribution in [0.1, 0.15) is 23.5 Å². The lowest BCUT2D eigenvalue weighted by Crippen LogP contribution is -2.42. The molecule has 0 saturated heterocycles. The highest BCUT2D eigenvalue weighted by Crippen LogP contribution is 2.37. The molecular weight excluding hydrogens is 506 g/mol. The van der Waals surface area contributed by atoms with Gasteiger partial charge in [0.25, 0.3) is 0 Å². The Balaban J connectivity index is 0.00000324. The number of amides is 1. The third kappa shape index (κ3) is 5.23. The van der Waals surface area contributed by atoms with E-state index < -0.39 is 41.4 Å². The summed E-state index contributed by atoms with van der Waals surface area (Å²) in [5.74, 6) is -4.98. The van der Waals surface area contributed by atoms with Crippen LogP contribution in [0.2, 0.25) is 0 Å². The van der Waals surface area contributed by atoms with Crippen LogP contribution in [0.3, 0.4) is 0 Å². The van der Waals surface area contributed by atoms with Gasteiger partial charge in [0.05, 0.1) is 17.1 Å². The van der Waals surface area contributed by atoms with Gasteiger partial charge >= 0.3 is 6.18 Å². The average molecular weight is 525 g/mol. The molecule has 1 aliphatic heterocycles. The lowest BCUT2D eigenvalue weighted by atomic mass is 10.0. The zero-order valence-corrected chi connectivity index (χ0v) is 19.0. The largest absolute Gasteiger partial charge is 0.449 e. The number of benzene rings is 1. The number of halogens is 7. The smallest absolute Gasteiger partial charge is 0.335 e. The second-order valence-corrected chi connectivity index (χ2v) is 8.65. The third-order valence-corrected chi connectivity index (χ3v) is 6.25. The van der Waals surface area contributed by atoms with E-state index in [1.54, 1.807) is 17.5 Å². The van der Waals surface area contributed by atoms with Gasteiger partial charge in [-0.05, 0) is 29.5 Å². The van der Waals surface area contributed by atoms with Crippen LogP contribution >= 0.6 is 23.7 Å². The van der Waals surface area contributed by atoms with Crippen LogP contribution < -0.4 is 5.73 Å². The molecule has 13 heteroatoms. The molecule has 184 valence electrons. The van der Waals surface area contributed by atoms with E-state index in [4.69, 9.17) is 5.73 Å². The van der Waals surface area contributed by atoms with Crippen LogP contribution in [-0.4, -0.2) is 32.9 Å². The van der Waals surface area contributed by atoms with Crippen LogP contribution in [0.15, 0.2) is 29.6 Å².